The summed E-state index contributed by atoms with van der Waals surface area (Å²) in [7, 11) is 4.63. The largest absolute Gasteiger partial charge is 0.493 e. The van der Waals surface area contributed by atoms with Gasteiger partial charge in [0.25, 0.3) is 0 Å². The lowest BCUT2D eigenvalue weighted by molar-refractivity contribution is -0.121. The van der Waals surface area contributed by atoms with Crippen molar-refractivity contribution in [3.63, 3.8) is 0 Å². The van der Waals surface area contributed by atoms with Gasteiger partial charge in [0.1, 0.15) is 6.61 Å². The predicted octanol–water partition coefficient (Wildman–Crippen LogP) is 3.30. The van der Waals surface area contributed by atoms with Crippen molar-refractivity contribution in [2.45, 2.75) is 6.42 Å². The van der Waals surface area contributed by atoms with Crippen LogP contribution in [-0.4, -0.2) is 46.0 Å². The molecular weight excluding hydrogens is 398 g/mol. The average molecular weight is 425 g/mol. The minimum Gasteiger partial charge on any atom is -0.493 e. The molecule has 2 N–H and O–H groups in total. The van der Waals surface area contributed by atoms with Crippen LogP contribution in [0.1, 0.15) is 17.5 Å². The highest BCUT2D eigenvalue weighted by molar-refractivity contribution is 6.10. The second-order valence-corrected chi connectivity index (χ2v) is 6.44. The summed E-state index contributed by atoms with van der Waals surface area (Å²) in [4.78, 5) is 24.3. The van der Waals surface area contributed by atoms with Crippen LogP contribution in [0.15, 0.2) is 48.6 Å². The SMILES string of the molecule is COc1ccc(/C=C/C(=O)CC(=O)/C=C/c2ccc(OCCN)c(OC)c2)cc1OC. The second kappa shape index (κ2) is 12.2. The van der Waals surface area contributed by atoms with Crippen LogP contribution in [0.5, 0.6) is 23.0 Å². The number of ketones is 2. The number of ether oxygens (including phenoxy) is 4. The molecule has 0 aliphatic heterocycles. The van der Waals surface area contributed by atoms with Gasteiger partial charge in [0, 0.05) is 6.54 Å². The van der Waals surface area contributed by atoms with Crippen LogP contribution in [0.4, 0.5) is 0 Å². The molecule has 0 aliphatic rings. The molecule has 2 aromatic carbocycles. The Balaban J connectivity index is 1.96. The summed E-state index contributed by atoms with van der Waals surface area (Å²) >= 11 is 0. The fraction of sp³-hybridized carbons (Fsp3) is 0.250. The molecule has 7 heteroatoms. The van der Waals surface area contributed by atoms with E-state index in [1.54, 1.807) is 55.7 Å². The number of methoxy groups -OCH3 is 3. The first-order valence-corrected chi connectivity index (χ1v) is 9.65. The molecule has 0 atom stereocenters. The van der Waals surface area contributed by atoms with E-state index in [9.17, 15) is 9.59 Å². The van der Waals surface area contributed by atoms with Gasteiger partial charge in [-0.3, -0.25) is 9.59 Å². The Kier molecular flexibility index (Phi) is 9.32. The molecule has 2 rings (SSSR count). The molecule has 7 nitrogen and oxygen atoms in total. The van der Waals surface area contributed by atoms with E-state index in [-0.39, 0.29) is 18.0 Å². The predicted molar refractivity (Wildman–Crippen MR) is 120 cm³/mol. The maximum atomic E-state index is 12.1. The van der Waals surface area contributed by atoms with Gasteiger partial charge in [0.15, 0.2) is 34.6 Å². The molecule has 2 aromatic rings. The maximum absolute atomic E-state index is 12.1. The van der Waals surface area contributed by atoms with Gasteiger partial charge in [-0.15, -0.1) is 0 Å². The van der Waals surface area contributed by atoms with E-state index in [4.69, 9.17) is 24.7 Å². The fourth-order valence-electron chi connectivity index (χ4n) is 2.70. The van der Waals surface area contributed by atoms with Crippen LogP contribution in [0.3, 0.4) is 0 Å². The van der Waals surface area contributed by atoms with Crippen molar-refractivity contribution in [3.05, 3.63) is 59.7 Å². The highest BCUT2D eigenvalue weighted by atomic mass is 16.5. The Morgan fingerprint density at radius 1 is 0.774 bits per heavy atom. The summed E-state index contributed by atoms with van der Waals surface area (Å²) in [5.41, 5.74) is 6.95. The summed E-state index contributed by atoms with van der Waals surface area (Å²) < 4.78 is 21.2. The Morgan fingerprint density at radius 2 is 1.26 bits per heavy atom. The van der Waals surface area contributed by atoms with E-state index in [1.165, 1.54) is 26.4 Å². The second-order valence-electron chi connectivity index (χ2n) is 6.44. The maximum Gasteiger partial charge on any atom is 0.163 e. The lowest BCUT2D eigenvalue weighted by Gasteiger charge is -2.10. The first-order valence-electron chi connectivity index (χ1n) is 9.65. The van der Waals surface area contributed by atoms with E-state index in [0.29, 0.717) is 36.1 Å². The Bertz CT molecular complexity index is 965. The standard InChI is InChI=1S/C24H27NO6/c1-28-21-10-6-17(14-23(21)29-2)4-8-19(26)16-20(27)9-5-18-7-11-22(31-13-12-25)24(15-18)30-3/h4-11,14-15H,12-13,16,25H2,1-3H3/b8-4+,9-5+. The zero-order valence-corrected chi connectivity index (χ0v) is 17.9. The fourth-order valence-corrected chi connectivity index (χ4v) is 2.70. The molecular formula is C24H27NO6. The van der Waals surface area contributed by atoms with Gasteiger partial charge >= 0.3 is 0 Å². The molecule has 0 amide bonds. The zero-order valence-electron chi connectivity index (χ0n) is 17.9. The van der Waals surface area contributed by atoms with Crippen molar-refractivity contribution in [1.29, 1.82) is 0 Å². The van der Waals surface area contributed by atoms with Gasteiger partial charge in [-0.2, -0.15) is 0 Å². The Morgan fingerprint density at radius 3 is 1.74 bits per heavy atom. The number of nitrogens with two attached hydrogens (primary N) is 1. The Labute approximate surface area is 182 Å². The third-order valence-corrected chi connectivity index (χ3v) is 4.24. The van der Waals surface area contributed by atoms with E-state index in [1.807, 2.05) is 0 Å². The minimum absolute atomic E-state index is 0.227. The van der Waals surface area contributed by atoms with Crippen molar-refractivity contribution in [2.75, 3.05) is 34.5 Å². The molecule has 0 aromatic heterocycles. The first kappa shape index (κ1) is 23.7. The Hall–Kier alpha value is -3.58. The van der Waals surface area contributed by atoms with E-state index < -0.39 is 0 Å². The third-order valence-electron chi connectivity index (χ3n) is 4.24. The first-order chi connectivity index (χ1) is 15.0. The van der Waals surface area contributed by atoms with Crippen LogP contribution < -0.4 is 24.7 Å². The van der Waals surface area contributed by atoms with E-state index >= 15 is 0 Å². The molecule has 0 aliphatic carbocycles. The molecule has 0 bridgehead atoms. The van der Waals surface area contributed by atoms with Gasteiger partial charge < -0.3 is 24.7 Å². The molecule has 31 heavy (non-hydrogen) atoms. The van der Waals surface area contributed by atoms with Crippen LogP contribution >= 0.6 is 0 Å². The number of allylic oxidation sites excluding steroid dienone is 2. The number of carbonyl (C=O) groups is 2. The van der Waals surface area contributed by atoms with E-state index in [2.05, 4.69) is 0 Å². The molecule has 0 radical (unpaired) electrons. The van der Waals surface area contributed by atoms with Gasteiger partial charge in [-0.05, 0) is 47.5 Å². The van der Waals surface area contributed by atoms with Gasteiger partial charge in [-0.25, -0.2) is 0 Å². The summed E-state index contributed by atoms with van der Waals surface area (Å²) in [6, 6.07) is 10.6. The molecule has 0 fully saturated rings. The number of hydrogen-bond acceptors (Lipinski definition) is 7. The van der Waals surface area contributed by atoms with Crippen LogP contribution in [0, 0.1) is 0 Å². The van der Waals surface area contributed by atoms with Crippen molar-refractivity contribution >= 4 is 23.7 Å². The highest BCUT2D eigenvalue weighted by Crippen LogP contribution is 2.29. The van der Waals surface area contributed by atoms with Crippen molar-refractivity contribution in [2.24, 2.45) is 5.73 Å². The number of benzene rings is 2. The lowest BCUT2D eigenvalue weighted by Crippen LogP contribution is -2.11. The molecule has 0 heterocycles. The molecule has 0 unspecified atom stereocenters. The van der Waals surface area contributed by atoms with Gasteiger partial charge in [-0.1, -0.05) is 24.3 Å². The number of hydrogen-bond donors (Lipinski definition) is 1. The summed E-state index contributed by atoms with van der Waals surface area (Å²) in [5.74, 6) is 1.67. The van der Waals surface area contributed by atoms with Crippen LogP contribution in [-0.2, 0) is 9.59 Å². The number of carbonyl (C=O) groups excluding carboxylic acids is 2. The van der Waals surface area contributed by atoms with Gasteiger partial charge in [0.2, 0.25) is 0 Å². The average Bonchev–Trinajstić information content (AvgIpc) is 2.79. The molecule has 0 saturated heterocycles. The minimum atomic E-state index is -0.301. The quantitative estimate of drug-likeness (QED) is 0.412. The topological polar surface area (TPSA) is 97.1 Å². The normalized spacial score (nSPS) is 11.0. The molecule has 0 spiro atoms. The van der Waals surface area contributed by atoms with E-state index in [0.717, 1.165) is 11.1 Å². The zero-order chi connectivity index (χ0) is 22.6. The van der Waals surface area contributed by atoms with Crippen molar-refractivity contribution in [1.82, 2.24) is 0 Å². The number of rotatable bonds is 12. The lowest BCUT2D eigenvalue weighted by atomic mass is 10.1. The highest BCUT2D eigenvalue weighted by Gasteiger charge is 2.07. The van der Waals surface area contributed by atoms with Crippen LogP contribution in [0.25, 0.3) is 12.2 Å². The summed E-state index contributed by atoms with van der Waals surface area (Å²) in [5, 5.41) is 0. The third kappa shape index (κ3) is 7.31. The van der Waals surface area contributed by atoms with Crippen molar-refractivity contribution < 1.29 is 28.5 Å². The molecule has 0 saturated carbocycles. The van der Waals surface area contributed by atoms with Crippen molar-refractivity contribution in [3.8, 4) is 23.0 Å². The summed E-state index contributed by atoms with van der Waals surface area (Å²) in [6.07, 6.45) is 5.78. The van der Waals surface area contributed by atoms with Gasteiger partial charge in [0.05, 0.1) is 27.8 Å². The monoisotopic (exact) mass is 425 g/mol. The molecule has 164 valence electrons. The summed E-state index contributed by atoms with van der Waals surface area (Å²) in [6.45, 7) is 0.775. The smallest absolute Gasteiger partial charge is 0.163 e. The van der Waals surface area contributed by atoms with Crippen LogP contribution in [0.2, 0.25) is 0 Å².